The van der Waals surface area contributed by atoms with Gasteiger partial charge in [-0.1, -0.05) is 15.9 Å². The van der Waals surface area contributed by atoms with E-state index in [1.807, 2.05) is 0 Å². The monoisotopic (exact) mass is 443 g/mol. The van der Waals surface area contributed by atoms with Crippen LogP contribution in [0.3, 0.4) is 0 Å². The fourth-order valence-electron chi connectivity index (χ4n) is 2.83. The van der Waals surface area contributed by atoms with E-state index in [1.165, 1.54) is 6.08 Å². The second kappa shape index (κ2) is 7.85. The number of phenolic OH excluding ortho intramolecular Hbond substituents is 1. The number of rotatable bonds is 4. The van der Waals surface area contributed by atoms with Crippen molar-refractivity contribution in [3.05, 3.63) is 63.3 Å². The summed E-state index contributed by atoms with van der Waals surface area (Å²) >= 11 is 3.31. The Labute approximate surface area is 170 Å². The molecule has 0 aliphatic carbocycles. The molecule has 3 N–H and O–H groups in total. The van der Waals surface area contributed by atoms with Crippen LogP contribution in [-0.2, 0) is 9.59 Å². The first-order valence-electron chi connectivity index (χ1n) is 8.45. The highest BCUT2D eigenvalue weighted by molar-refractivity contribution is 9.10. The maximum absolute atomic E-state index is 12.5. The lowest BCUT2D eigenvalue weighted by atomic mass is 10.0. The summed E-state index contributed by atoms with van der Waals surface area (Å²) in [5.74, 6) is -0.877. The molecule has 0 atom stereocenters. The number of anilines is 1. The highest BCUT2D eigenvalue weighted by Crippen LogP contribution is 2.25. The number of phenols is 1. The second-order valence-corrected chi connectivity index (χ2v) is 7.35. The number of urea groups is 1. The molecule has 8 heteroatoms. The summed E-state index contributed by atoms with van der Waals surface area (Å²) in [6.45, 7) is 3.10. The molecule has 0 bridgehead atoms. The normalized spacial score (nSPS) is 15.1. The van der Waals surface area contributed by atoms with Crippen LogP contribution in [0.2, 0.25) is 0 Å². The smallest absolute Gasteiger partial charge is 0.329 e. The van der Waals surface area contributed by atoms with Crippen LogP contribution >= 0.6 is 15.9 Å². The van der Waals surface area contributed by atoms with Crippen LogP contribution in [-0.4, -0.2) is 34.4 Å². The van der Waals surface area contributed by atoms with Crippen LogP contribution in [0.1, 0.15) is 16.7 Å². The van der Waals surface area contributed by atoms with Gasteiger partial charge in [0.1, 0.15) is 18.0 Å². The highest BCUT2D eigenvalue weighted by Gasteiger charge is 2.34. The van der Waals surface area contributed by atoms with Crippen molar-refractivity contribution in [2.45, 2.75) is 13.8 Å². The van der Waals surface area contributed by atoms with E-state index in [-0.39, 0.29) is 11.4 Å². The van der Waals surface area contributed by atoms with E-state index in [4.69, 9.17) is 0 Å². The predicted molar refractivity (Wildman–Crippen MR) is 109 cm³/mol. The maximum atomic E-state index is 12.5. The van der Waals surface area contributed by atoms with E-state index in [0.717, 1.165) is 9.37 Å². The zero-order chi connectivity index (χ0) is 20.4. The van der Waals surface area contributed by atoms with Gasteiger partial charge in [0.05, 0.1) is 0 Å². The molecule has 0 radical (unpaired) electrons. The number of hydrogen-bond donors (Lipinski definition) is 3. The number of hydrogen-bond acceptors (Lipinski definition) is 4. The molecule has 1 heterocycles. The van der Waals surface area contributed by atoms with Gasteiger partial charge in [0.15, 0.2) is 0 Å². The van der Waals surface area contributed by atoms with Gasteiger partial charge in [-0.05, 0) is 73.0 Å². The number of carbonyl (C=O) groups excluding carboxylic acids is 3. The molecule has 0 unspecified atom stereocenters. The Balaban J connectivity index is 1.72. The molecule has 0 spiro atoms. The average Bonchev–Trinajstić information content (AvgIpc) is 2.89. The molecule has 0 saturated carbocycles. The molecule has 0 aromatic heterocycles. The number of benzene rings is 2. The fraction of sp³-hybridized carbons (Fsp3) is 0.150. The predicted octanol–water partition coefficient (Wildman–Crippen LogP) is 3.30. The van der Waals surface area contributed by atoms with Gasteiger partial charge in [-0.15, -0.1) is 0 Å². The van der Waals surface area contributed by atoms with Crippen molar-refractivity contribution < 1.29 is 19.5 Å². The zero-order valence-corrected chi connectivity index (χ0v) is 16.8. The molecule has 2 aromatic rings. The number of aromatic hydroxyl groups is 1. The maximum Gasteiger partial charge on any atom is 0.329 e. The lowest BCUT2D eigenvalue weighted by Crippen LogP contribution is -2.38. The van der Waals surface area contributed by atoms with Gasteiger partial charge in [0, 0.05) is 10.2 Å². The molecular weight excluding hydrogens is 426 g/mol. The van der Waals surface area contributed by atoms with Crippen LogP contribution in [0.5, 0.6) is 5.75 Å². The van der Waals surface area contributed by atoms with Crippen molar-refractivity contribution >= 4 is 45.5 Å². The van der Waals surface area contributed by atoms with E-state index >= 15 is 0 Å². The fourth-order valence-corrected chi connectivity index (χ4v) is 3.10. The summed E-state index contributed by atoms with van der Waals surface area (Å²) in [4.78, 5) is 37.7. The zero-order valence-electron chi connectivity index (χ0n) is 15.2. The van der Waals surface area contributed by atoms with E-state index in [1.54, 1.807) is 50.2 Å². The first kappa shape index (κ1) is 19.6. The Morgan fingerprint density at radius 3 is 2.39 bits per heavy atom. The third kappa shape index (κ3) is 4.23. The Morgan fingerprint density at radius 1 is 1.18 bits per heavy atom. The van der Waals surface area contributed by atoms with Gasteiger partial charge in [-0.3, -0.25) is 9.59 Å². The van der Waals surface area contributed by atoms with Crippen molar-refractivity contribution in [1.82, 2.24) is 10.2 Å². The first-order valence-corrected chi connectivity index (χ1v) is 9.24. The average molecular weight is 444 g/mol. The minimum atomic E-state index is -0.658. The van der Waals surface area contributed by atoms with Crippen molar-refractivity contribution in [1.29, 1.82) is 0 Å². The molecule has 1 aliphatic heterocycles. The standard InChI is InChI=1S/C20H18BrN3O4/c1-11-7-13(8-12(2)18(11)26)9-16-19(27)24(20(28)23-16)10-17(25)22-15-5-3-14(21)4-6-15/h3-9,26H,10H2,1-2H3,(H,22,25)(H,23,28). The van der Waals surface area contributed by atoms with Crippen molar-refractivity contribution in [3.8, 4) is 5.75 Å². The molecule has 3 rings (SSSR count). The third-order valence-electron chi connectivity index (χ3n) is 4.22. The highest BCUT2D eigenvalue weighted by atomic mass is 79.9. The summed E-state index contributed by atoms with van der Waals surface area (Å²) < 4.78 is 0.870. The van der Waals surface area contributed by atoms with Crippen molar-refractivity contribution in [2.75, 3.05) is 11.9 Å². The van der Waals surface area contributed by atoms with Crippen LogP contribution in [0.4, 0.5) is 10.5 Å². The summed E-state index contributed by atoms with van der Waals surface area (Å²) in [6.07, 6.45) is 1.52. The summed E-state index contributed by atoms with van der Waals surface area (Å²) in [5, 5.41) is 15.0. The van der Waals surface area contributed by atoms with Crippen LogP contribution < -0.4 is 10.6 Å². The third-order valence-corrected chi connectivity index (χ3v) is 4.75. The Bertz CT molecular complexity index is 976. The van der Waals surface area contributed by atoms with E-state index in [2.05, 4.69) is 26.6 Å². The molecule has 4 amide bonds. The SMILES string of the molecule is Cc1cc(C=C2NC(=O)N(CC(=O)Nc3ccc(Br)cc3)C2=O)cc(C)c1O. The molecule has 7 nitrogen and oxygen atoms in total. The van der Waals surface area contributed by atoms with Crippen LogP contribution in [0, 0.1) is 13.8 Å². The topological polar surface area (TPSA) is 98.7 Å². The summed E-state index contributed by atoms with van der Waals surface area (Å²) in [5.41, 5.74) is 2.62. The van der Waals surface area contributed by atoms with Gasteiger partial charge in [-0.25, -0.2) is 9.69 Å². The molecule has 1 fully saturated rings. The van der Waals surface area contributed by atoms with E-state index in [0.29, 0.717) is 22.4 Å². The molecular formula is C20H18BrN3O4. The van der Waals surface area contributed by atoms with E-state index in [9.17, 15) is 19.5 Å². The molecule has 28 heavy (non-hydrogen) atoms. The number of nitrogens with zero attached hydrogens (tertiary/aromatic N) is 1. The van der Waals surface area contributed by atoms with Gasteiger partial charge < -0.3 is 15.7 Å². The van der Waals surface area contributed by atoms with Crippen molar-refractivity contribution in [2.24, 2.45) is 0 Å². The first-order chi connectivity index (χ1) is 13.2. The lowest BCUT2D eigenvalue weighted by Gasteiger charge is -2.12. The van der Waals surface area contributed by atoms with Crippen molar-refractivity contribution in [3.63, 3.8) is 0 Å². The van der Waals surface area contributed by atoms with Gasteiger partial charge in [0.25, 0.3) is 5.91 Å². The summed E-state index contributed by atoms with van der Waals surface area (Å²) in [7, 11) is 0. The molecule has 2 aromatic carbocycles. The second-order valence-electron chi connectivity index (χ2n) is 6.44. The quantitative estimate of drug-likeness (QED) is 0.498. The molecule has 144 valence electrons. The molecule has 1 aliphatic rings. The Kier molecular flexibility index (Phi) is 5.51. The van der Waals surface area contributed by atoms with Crippen LogP contribution in [0.25, 0.3) is 6.08 Å². The number of halogens is 1. The minimum Gasteiger partial charge on any atom is -0.507 e. The number of carbonyl (C=O) groups is 3. The number of nitrogens with one attached hydrogen (secondary N) is 2. The summed E-state index contributed by atoms with van der Waals surface area (Å²) in [6, 6.07) is 9.70. The molecule has 1 saturated heterocycles. The Hall–Kier alpha value is -3.13. The van der Waals surface area contributed by atoms with Gasteiger partial charge >= 0.3 is 6.03 Å². The minimum absolute atomic E-state index is 0.0749. The largest absolute Gasteiger partial charge is 0.507 e. The number of amides is 4. The van der Waals surface area contributed by atoms with E-state index < -0.39 is 24.4 Å². The number of imide groups is 1. The number of aryl methyl sites for hydroxylation is 2. The Morgan fingerprint density at radius 2 is 1.79 bits per heavy atom. The lowest BCUT2D eigenvalue weighted by molar-refractivity contribution is -0.127. The van der Waals surface area contributed by atoms with Gasteiger partial charge in [0.2, 0.25) is 5.91 Å². The van der Waals surface area contributed by atoms with Crippen LogP contribution in [0.15, 0.2) is 46.6 Å². The van der Waals surface area contributed by atoms with Gasteiger partial charge in [-0.2, -0.15) is 0 Å².